The minimum absolute atomic E-state index is 0.0488. The van der Waals surface area contributed by atoms with Gasteiger partial charge >= 0.3 is 5.97 Å². The van der Waals surface area contributed by atoms with Gasteiger partial charge in [0.1, 0.15) is 0 Å². The van der Waals surface area contributed by atoms with Gasteiger partial charge < -0.3 is 15.2 Å². The molecule has 9 heteroatoms. The van der Waals surface area contributed by atoms with Gasteiger partial charge in [-0.25, -0.2) is 4.68 Å². The van der Waals surface area contributed by atoms with Crippen LogP contribution in [0, 0.1) is 6.92 Å². The van der Waals surface area contributed by atoms with Gasteiger partial charge in [-0.1, -0.05) is 11.3 Å². The molecule has 0 bridgehead atoms. The Morgan fingerprint density at radius 3 is 2.79 bits per heavy atom. The van der Waals surface area contributed by atoms with Crippen LogP contribution in [0.25, 0.3) is 16.6 Å². The molecule has 0 saturated heterocycles. The molecule has 1 amide bonds. The van der Waals surface area contributed by atoms with E-state index >= 15 is 0 Å². The molecule has 0 aliphatic heterocycles. The van der Waals surface area contributed by atoms with Crippen LogP contribution in [-0.2, 0) is 9.53 Å². The van der Waals surface area contributed by atoms with Gasteiger partial charge in [-0.05, 0) is 38.1 Å². The van der Waals surface area contributed by atoms with Crippen molar-refractivity contribution in [2.24, 2.45) is 0 Å². The molecule has 2 aromatic heterocycles. The standard InChI is InChI=1S/C19H21N5O4/c1-12-17(18(27)21-19(2,11-28-3)10-16(25)26)22-23-24(12)15-8-4-7-14-13(15)6-5-9-20-14/h4-9H,10-11H2,1-3H3,(H,21,27)(H,25,26). The van der Waals surface area contributed by atoms with E-state index in [0.717, 1.165) is 16.6 Å². The van der Waals surface area contributed by atoms with Crippen molar-refractivity contribution >= 4 is 22.8 Å². The highest BCUT2D eigenvalue weighted by molar-refractivity contribution is 5.94. The number of ether oxygens (including phenoxy) is 1. The first kappa shape index (κ1) is 19.4. The summed E-state index contributed by atoms with van der Waals surface area (Å²) in [6, 6.07) is 9.36. The van der Waals surface area contributed by atoms with Crippen LogP contribution >= 0.6 is 0 Å². The molecule has 0 aliphatic carbocycles. The van der Waals surface area contributed by atoms with Crippen molar-refractivity contribution in [3.05, 3.63) is 47.9 Å². The molecular weight excluding hydrogens is 362 g/mol. The number of methoxy groups -OCH3 is 1. The summed E-state index contributed by atoms with van der Waals surface area (Å²) in [7, 11) is 1.45. The number of aliphatic carboxylic acids is 1. The number of amides is 1. The maximum Gasteiger partial charge on any atom is 0.305 e. The van der Waals surface area contributed by atoms with Crippen LogP contribution in [0.4, 0.5) is 0 Å². The number of carboxylic acids is 1. The van der Waals surface area contributed by atoms with Gasteiger partial charge in [0.2, 0.25) is 0 Å². The average Bonchev–Trinajstić information content (AvgIpc) is 3.02. The Balaban J connectivity index is 1.94. The van der Waals surface area contributed by atoms with E-state index in [4.69, 9.17) is 9.84 Å². The van der Waals surface area contributed by atoms with Crippen LogP contribution in [0.1, 0.15) is 29.5 Å². The average molecular weight is 383 g/mol. The number of rotatable bonds is 7. The first-order valence-corrected chi connectivity index (χ1v) is 8.64. The Bertz CT molecular complexity index is 1030. The number of nitrogens with zero attached hydrogens (tertiary/aromatic N) is 4. The van der Waals surface area contributed by atoms with E-state index in [2.05, 4.69) is 20.6 Å². The minimum Gasteiger partial charge on any atom is -0.481 e. The molecule has 1 aromatic carbocycles. The summed E-state index contributed by atoms with van der Waals surface area (Å²) in [5, 5.41) is 20.8. The lowest BCUT2D eigenvalue weighted by atomic mass is 9.98. The van der Waals surface area contributed by atoms with Crippen molar-refractivity contribution in [2.75, 3.05) is 13.7 Å². The summed E-state index contributed by atoms with van der Waals surface area (Å²) in [5.41, 5.74) is 1.13. The van der Waals surface area contributed by atoms with Crippen LogP contribution < -0.4 is 5.32 Å². The molecule has 9 nitrogen and oxygen atoms in total. The smallest absolute Gasteiger partial charge is 0.305 e. The number of aromatic nitrogens is 4. The Morgan fingerprint density at radius 2 is 2.07 bits per heavy atom. The van der Waals surface area contributed by atoms with E-state index in [1.165, 1.54) is 7.11 Å². The zero-order valence-corrected chi connectivity index (χ0v) is 15.8. The number of fused-ring (bicyclic) bond motifs is 1. The summed E-state index contributed by atoms with van der Waals surface area (Å²) in [6.45, 7) is 3.39. The third-order valence-electron chi connectivity index (χ3n) is 4.38. The molecule has 0 saturated carbocycles. The lowest BCUT2D eigenvalue weighted by Crippen LogP contribution is -2.51. The third-order valence-corrected chi connectivity index (χ3v) is 4.38. The summed E-state index contributed by atoms with van der Waals surface area (Å²) in [6.07, 6.45) is 1.42. The van der Waals surface area contributed by atoms with Crippen molar-refractivity contribution in [3.8, 4) is 5.69 Å². The van der Waals surface area contributed by atoms with Crippen LogP contribution in [0.3, 0.4) is 0 Å². The fourth-order valence-electron chi connectivity index (χ4n) is 3.16. The summed E-state index contributed by atoms with van der Waals surface area (Å²) in [4.78, 5) is 28.2. The number of carbonyl (C=O) groups excluding carboxylic acids is 1. The highest BCUT2D eigenvalue weighted by Crippen LogP contribution is 2.22. The van der Waals surface area contributed by atoms with E-state index < -0.39 is 17.4 Å². The van der Waals surface area contributed by atoms with E-state index in [9.17, 15) is 9.59 Å². The molecule has 1 atom stereocenters. The number of hydrogen-bond donors (Lipinski definition) is 2. The quantitative estimate of drug-likeness (QED) is 0.638. The molecule has 0 aliphatic rings. The molecule has 0 spiro atoms. The largest absolute Gasteiger partial charge is 0.481 e. The highest BCUT2D eigenvalue weighted by atomic mass is 16.5. The van der Waals surface area contributed by atoms with Gasteiger partial charge in [0, 0.05) is 18.7 Å². The SMILES string of the molecule is COCC(C)(CC(=O)O)NC(=O)c1nnn(-c2cccc3ncccc23)c1C. The topological polar surface area (TPSA) is 119 Å². The van der Waals surface area contributed by atoms with Gasteiger partial charge in [-0.15, -0.1) is 5.10 Å². The fourth-order valence-corrected chi connectivity index (χ4v) is 3.16. The first-order valence-electron chi connectivity index (χ1n) is 8.64. The van der Waals surface area contributed by atoms with Gasteiger partial charge in [-0.2, -0.15) is 0 Å². The first-order chi connectivity index (χ1) is 13.3. The number of nitrogens with one attached hydrogen (secondary N) is 1. The Labute approximate surface area is 161 Å². The zero-order chi connectivity index (χ0) is 20.3. The van der Waals surface area contributed by atoms with Gasteiger partial charge in [-0.3, -0.25) is 14.6 Å². The van der Waals surface area contributed by atoms with E-state index in [-0.39, 0.29) is 18.7 Å². The Morgan fingerprint density at radius 1 is 1.29 bits per heavy atom. The lowest BCUT2D eigenvalue weighted by Gasteiger charge is -2.28. The third kappa shape index (κ3) is 3.84. The minimum atomic E-state index is -1.07. The highest BCUT2D eigenvalue weighted by Gasteiger charge is 2.31. The fraction of sp³-hybridized carbons (Fsp3) is 0.316. The van der Waals surface area contributed by atoms with Crippen LogP contribution in [-0.4, -0.2) is 56.2 Å². The molecule has 2 heterocycles. The molecule has 1 unspecified atom stereocenters. The maximum absolute atomic E-state index is 12.8. The zero-order valence-electron chi connectivity index (χ0n) is 15.8. The lowest BCUT2D eigenvalue weighted by molar-refractivity contribution is -0.139. The monoisotopic (exact) mass is 383 g/mol. The molecule has 2 N–H and O–H groups in total. The molecule has 0 fully saturated rings. The van der Waals surface area contributed by atoms with E-state index in [0.29, 0.717) is 5.69 Å². The Hall–Kier alpha value is -3.33. The molecule has 3 aromatic rings. The van der Waals surface area contributed by atoms with E-state index in [1.807, 2.05) is 30.3 Å². The summed E-state index contributed by atoms with van der Waals surface area (Å²) in [5.74, 6) is -1.55. The van der Waals surface area contributed by atoms with Crippen molar-refractivity contribution in [1.82, 2.24) is 25.3 Å². The van der Waals surface area contributed by atoms with E-state index in [1.54, 1.807) is 24.7 Å². The summed E-state index contributed by atoms with van der Waals surface area (Å²) < 4.78 is 6.64. The summed E-state index contributed by atoms with van der Waals surface area (Å²) >= 11 is 0. The van der Waals surface area contributed by atoms with Gasteiger partial charge in [0.15, 0.2) is 5.69 Å². The number of hydrogen-bond acceptors (Lipinski definition) is 6. The van der Waals surface area contributed by atoms with Crippen molar-refractivity contribution < 1.29 is 19.4 Å². The Kier molecular flexibility index (Phi) is 5.36. The van der Waals surface area contributed by atoms with Crippen molar-refractivity contribution in [1.29, 1.82) is 0 Å². The molecule has 28 heavy (non-hydrogen) atoms. The number of pyridine rings is 1. The molecule has 146 valence electrons. The number of benzene rings is 1. The van der Waals surface area contributed by atoms with Crippen LogP contribution in [0.2, 0.25) is 0 Å². The van der Waals surface area contributed by atoms with Crippen molar-refractivity contribution in [3.63, 3.8) is 0 Å². The van der Waals surface area contributed by atoms with Crippen molar-refractivity contribution in [2.45, 2.75) is 25.8 Å². The predicted octanol–water partition coefficient (Wildman–Crippen LogP) is 1.73. The predicted molar refractivity (Wildman–Crippen MR) is 101 cm³/mol. The molecular formula is C19H21N5O4. The second-order valence-electron chi connectivity index (χ2n) is 6.80. The molecule has 0 radical (unpaired) electrons. The molecule has 3 rings (SSSR count). The van der Waals surface area contributed by atoms with Crippen LogP contribution in [0.5, 0.6) is 0 Å². The maximum atomic E-state index is 12.8. The number of carboxylic acid groups (broad SMARTS) is 1. The van der Waals surface area contributed by atoms with Gasteiger partial charge in [0.25, 0.3) is 5.91 Å². The number of carbonyl (C=O) groups is 2. The normalized spacial score (nSPS) is 13.2. The second-order valence-corrected chi connectivity index (χ2v) is 6.80. The van der Waals surface area contributed by atoms with Crippen LogP contribution in [0.15, 0.2) is 36.5 Å². The van der Waals surface area contributed by atoms with Gasteiger partial charge in [0.05, 0.1) is 35.5 Å². The second kappa shape index (κ2) is 7.73.